The molecule has 144 valence electrons. The molecule has 0 aromatic heterocycles. The molecular weight excluding hydrogens is 380 g/mol. The minimum atomic E-state index is -0.913. The summed E-state index contributed by atoms with van der Waals surface area (Å²) in [6.07, 6.45) is 0.458. The van der Waals surface area contributed by atoms with Crippen molar-refractivity contribution in [1.82, 2.24) is 0 Å². The topological polar surface area (TPSA) is 64.6 Å². The van der Waals surface area contributed by atoms with Gasteiger partial charge in [0.05, 0.1) is 12.3 Å². The molecule has 8 heteroatoms. The number of carbonyl (C=O) groups is 2. The Balaban J connectivity index is 1.65. The smallest absolute Gasteiger partial charge is 0.306 e. The quantitative estimate of drug-likeness (QED) is 0.533. The third kappa shape index (κ3) is 6.86. The third-order valence-corrected chi connectivity index (χ3v) is 3.92. The number of ether oxygens (including phenoxy) is 2. The normalized spacial score (nSPS) is 10.4. The van der Waals surface area contributed by atoms with Crippen molar-refractivity contribution in [3.8, 4) is 5.75 Å². The Hall–Kier alpha value is -2.67. The number of hydrogen-bond donors (Lipinski definition) is 1. The Bertz CT molecular complexity index is 829. The zero-order valence-corrected chi connectivity index (χ0v) is 15.3. The molecule has 0 aliphatic rings. The molecule has 0 bridgehead atoms. The second kappa shape index (κ2) is 9.87. The van der Waals surface area contributed by atoms with Crippen molar-refractivity contribution in [1.29, 1.82) is 0 Å². The molecule has 0 atom stereocenters. The van der Waals surface area contributed by atoms with Crippen LogP contribution in [0.4, 0.5) is 14.5 Å². The van der Waals surface area contributed by atoms with E-state index in [0.717, 1.165) is 17.7 Å². The summed E-state index contributed by atoms with van der Waals surface area (Å²) < 4.78 is 36.5. The maximum Gasteiger partial charge on any atom is 0.306 e. The van der Waals surface area contributed by atoms with Crippen molar-refractivity contribution >= 4 is 29.2 Å². The van der Waals surface area contributed by atoms with Crippen molar-refractivity contribution in [2.75, 3.05) is 18.5 Å². The molecule has 0 heterocycles. The van der Waals surface area contributed by atoms with Gasteiger partial charge >= 0.3 is 5.97 Å². The Morgan fingerprint density at radius 2 is 1.93 bits per heavy atom. The fourth-order valence-electron chi connectivity index (χ4n) is 2.11. The van der Waals surface area contributed by atoms with E-state index in [-0.39, 0.29) is 12.1 Å². The molecule has 0 saturated heterocycles. The van der Waals surface area contributed by atoms with Crippen molar-refractivity contribution in [2.45, 2.75) is 19.8 Å². The highest BCUT2D eigenvalue weighted by molar-refractivity contribution is 6.31. The molecule has 0 unspecified atom stereocenters. The summed E-state index contributed by atoms with van der Waals surface area (Å²) in [6.45, 7) is 1.59. The summed E-state index contributed by atoms with van der Waals surface area (Å²) in [7, 11) is 0. The number of nitrogens with one attached hydrogen (secondary N) is 1. The van der Waals surface area contributed by atoms with Crippen LogP contribution >= 0.6 is 11.6 Å². The van der Waals surface area contributed by atoms with Gasteiger partial charge in [-0.2, -0.15) is 0 Å². The van der Waals surface area contributed by atoms with Gasteiger partial charge in [-0.25, -0.2) is 8.78 Å². The number of amides is 1. The van der Waals surface area contributed by atoms with Gasteiger partial charge in [0.2, 0.25) is 0 Å². The van der Waals surface area contributed by atoms with Crippen LogP contribution in [0.3, 0.4) is 0 Å². The van der Waals surface area contributed by atoms with Crippen LogP contribution in [0, 0.1) is 18.6 Å². The van der Waals surface area contributed by atoms with Crippen LogP contribution in [0.15, 0.2) is 36.4 Å². The van der Waals surface area contributed by atoms with E-state index >= 15 is 0 Å². The first-order valence-corrected chi connectivity index (χ1v) is 8.52. The lowest BCUT2D eigenvalue weighted by molar-refractivity contribution is -0.147. The Morgan fingerprint density at radius 1 is 1.15 bits per heavy atom. The van der Waals surface area contributed by atoms with E-state index in [2.05, 4.69) is 5.32 Å². The number of aryl methyl sites for hydroxylation is 1. The number of benzene rings is 2. The number of rotatable bonds is 8. The number of carbonyl (C=O) groups excluding carboxylic acids is 2. The molecular formula is C19H18ClF2NO4. The predicted octanol–water partition coefficient (Wildman–Crippen LogP) is 4.27. The fourth-order valence-corrected chi connectivity index (χ4v) is 2.23. The standard InChI is InChI=1S/C19H18ClF2NO4/c1-12-9-14(5-6-15(12)20)26-8-2-3-19(25)27-11-18(24)23-17-7-4-13(21)10-16(17)22/h4-7,9-10H,2-3,8,11H2,1H3,(H,23,24). The highest BCUT2D eigenvalue weighted by Crippen LogP contribution is 2.21. The van der Waals surface area contributed by atoms with E-state index in [1.807, 2.05) is 6.92 Å². The highest BCUT2D eigenvalue weighted by Gasteiger charge is 2.11. The predicted molar refractivity (Wildman–Crippen MR) is 96.9 cm³/mol. The first-order chi connectivity index (χ1) is 12.8. The van der Waals surface area contributed by atoms with E-state index in [9.17, 15) is 18.4 Å². The molecule has 2 aromatic rings. The van der Waals surface area contributed by atoms with Crippen LogP contribution in [-0.4, -0.2) is 25.1 Å². The molecule has 0 aliphatic heterocycles. The molecule has 27 heavy (non-hydrogen) atoms. The molecule has 5 nitrogen and oxygen atoms in total. The molecule has 1 amide bonds. The van der Waals surface area contributed by atoms with Gasteiger partial charge in [-0.3, -0.25) is 9.59 Å². The Morgan fingerprint density at radius 3 is 2.63 bits per heavy atom. The van der Waals surface area contributed by atoms with Crippen LogP contribution in [0.25, 0.3) is 0 Å². The van der Waals surface area contributed by atoms with E-state index < -0.39 is 30.1 Å². The van der Waals surface area contributed by atoms with Crippen molar-refractivity contribution in [3.63, 3.8) is 0 Å². The Labute approximate surface area is 160 Å². The van der Waals surface area contributed by atoms with Gasteiger partial charge in [-0.05, 0) is 49.2 Å². The van der Waals surface area contributed by atoms with Gasteiger partial charge in [0.1, 0.15) is 17.4 Å². The lowest BCUT2D eigenvalue weighted by Crippen LogP contribution is -2.21. The van der Waals surface area contributed by atoms with Crippen molar-refractivity contribution in [2.24, 2.45) is 0 Å². The first kappa shape index (κ1) is 20.6. The summed E-state index contributed by atoms with van der Waals surface area (Å²) >= 11 is 5.92. The summed E-state index contributed by atoms with van der Waals surface area (Å²) in [5, 5.41) is 2.84. The zero-order chi connectivity index (χ0) is 19.8. The van der Waals surface area contributed by atoms with Gasteiger partial charge in [0.25, 0.3) is 5.91 Å². The SMILES string of the molecule is Cc1cc(OCCCC(=O)OCC(=O)Nc2ccc(F)cc2F)ccc1Cl. The zero-order valence-electron chi connectivity index (χ0n) is 14.6. The second-order valence-corrected chi connectivity index (χ2v) is 6.10. The van der Waals surface area contributed by atoms with Crippen LogP contribution < -0.4 is 10.1 Å². The number of hydrogen-bond acceptors (Lipinski definition) is 4. The van der Waals surface area contributed by atoms with E-state index in [1.165, 1.54) is 0 Å². The molecule has 2 aromatic carbocycles. The lowest BCUT2D eigenvalue weighted by atomic mass is 10.2. The third-order valence-electron chi connectivity index (χ3n) is 3.49. The number of halogens is 3. The minimum absolute atomic E-state index is 0.0603. The van der Waals surface area contributed by atoms with Gasteiger partial charge in [0, 0.05) is 17.5 Å². The van der Waals surface area contributed by atoms with Gasteiger partial charge in [0.15, 0.2) is 6.61 Å². The van der Waals surface area contributed by atoms with E-state index in [1.54, 1.807) is 18.2 Å². The Kier molecular flexibility index (Phi) is 7.55. The average Bonchev–Trinajstić information content (AvgIpc) is 2.62. The molecule has 0 aliphatic carbocycles. The van der Waals surface area contributed by atoms with E-state index in [0.29, 0.717) is 29.9 Å². The molecule has 1 N–H and O–H groups in total. The van der Waals surface area contributed by atoms with E-state index in [4.69, 9.17) is 21.1 Å². The summed E-state index contributed by atoms with van der Waals surface area (Å²) in [6, 6.07) is 7.98. The summed E-state index contributed by atoms with van der Waals surface area (Å²) in [5.41, 5.74) is 0.696. The summed E-state index contributed by atoms with van der Waals surface area (Å²) in [4.78, 5) is 23.3. The largest absolute Gasteiger partial charge is 0.494 e. The number of esters is 1. The first-order valence-electron chi connectivity index (χ1n) is 8.14. The maximum atomic E-state index is 13.4. The highest BCUT2D eigenvalue weighted by atomic mass is 35.5. The van der Waals surface area contributed by atoms with Crippen LogP contribution in [0.2, 0.25) is 5.02 Å². The lowest BCUT2D eigenvalue weighted by Gasteiger charge is -2.09. The minimum Gasteiger partial charge on any atom is -0.494 e. The average molecular weight is 398 g/mol. The van der Waals surface area contributed by atoms with Crippen molar-refractivity contribution in [3.05, 3.63) is 58.6 Å². The van der Waals surface area contributed by atoms with Gasteiger partial charge in [-0.1, -0.05) is 11.6 Å². The van der Waals surface area contributed by atoms with Crippen LogP contribution in [-0.2, 0) is 14.3 Å². The van der Waals surface area contributed by atoms with Crippen LogP contribution in [0.5, 0.6) is 5.75 Å². The fraction of sp³-hybridized carbons (Fsp3) is 0.263. The van der Waals surface area contributed by atoms with Gasteiger partial charge in [-0.15, -0.1) is 0 Å². The monoisotopic (exact) mass is 397 g/mol. The molecule has 0 saturated carbocycles. The molecule has 2 rings (SSSR count). The van der Waals surface area contributed by atoms with Gasteiger partial charge < -0.3 is 14.8 Å². The summed E-state index contributed by atoms with van der Waals surface area (Å²) in [5.74, 6) is -2.33. The molecule has 0 fully saturated rings. The molecule has 0 spiro atoms. The maximum absolute atomic E-state index is 13.4. The second-order valence-electron chi connectivity index (χ2n) is 5.70. The molecule has 0 radical (unpaired) electrons. The van der Waals surface area contributed by atoms with Crippen LogP contribution in [0.1, 0.15) is 18.4 Å². The van der Waals surface area contributed by atoms with Crippen molar-refractivity contribution < 1.29 is 27.8 Å². The number of anilines is 1.